The molecule has 1 N–H and O–H groups in total. The SMILES string of the molecule is Cc1ccc(S(=O)(=O)NC2CC2)cc1C(=O)N(C)Cc1nccn1C(F)F. The smallest absolute Gasteiger partial charge is 0.319 e. The van der Waals surface area contributed by atoms with Crippen LogP contribution < -0.4 is 4.72 Å². The molecule has 0 aliphatic heterocycles. The summed E-state index contributed by atoms with van der Waals surface area (Å²) in [6.07, 6.45) is 3.98. The molecule has 2 aromatic rings. The van der Waals surface area contributed by atoms with Crippen LogP contribution in [0, 0.1) is 6.92 Å². The number of hydrogen-bond acceptors (Lipinski definition) is 4. The van der Waals surface area contributed by atoms with Gasteiger partial charge in [-0.25, -0.2) is 18.1 Å². The molecule has 0 bridgehead atoms. The van der Waals surface area contributed by atoms with Gasteiger partial charge in [0.1, 0.15) is 5.82 Å². The molecule has 1 fully saturated rings. The molecular weight excluding hydrogens is 378 g/mol. The molecule has 1 aromatic heterocycles. The normalized spacial score (nSPS) is 14.6. The number of benzene rings is 1. The van der Waals surface area contributed by atoms with E-state index in [0.29, 0.717) is 10.1 Å². The highest BCUT2D eigenvalue weighted by Crippen LogP contribution is 2.24. The van der Waals surface area contributed by atoms with Crippen LogP contribution in [-0.4, -0.2) is 41.9 Å². The average Bonchev–Trinajstić information content (AvgIpc) is 3.27. The zero-order valence-electron chi connectivity index (χ0n) is 14.9. The first-order valence-corrected chi connectivity index (χ1v) is 9.85. The minimum absolute atomic E-state index is 0.00540. The molecule has 1 amide bonds. The third-order valence-corrected chi connectivity index (χ3v) is 5.85. The number of imidazole rings is 1. The fourth-order valence-electron chi connectivity index (χ4n) is 2.62. The summed E-state index contributed by atoms with van der Waals surface area (Å²) in [6, 6.07) is 4.27. The van der Waals surface area contributed by atoms with Gasteiger partial charge < -0.3 is 4.90 Å². The first kappa shape index (κ1) is 19.4. The van der Waals surface area contributed by atoms with E-state index >= 15 is 0 Å². The Labute approximate surface area is 156 Å². The monoisotopic (exact) mass is 398 g/mol. The van der Waals surface area contributed by atoms with Gasteiger partial charge in [0, 0.05) is 31.0 Å². The van der Waals surface area contributed by atoms with Crippen molar-refractivity contribution >= 4 is 15.9 Å². The van der Waals surface area contributed by atoms with Crippen LogP contribution >= 0.6 is 0 Å². The number of aryl methyl sites for hydroxylation is 1. The maximum Gasteiger partial charge on any atom is 0.319 e. The number of nitrogens with zero attached hydrogens (tertiary/aromatic N) is 3. The van der Waals surface area contributed by atoms with E-state index in [1.165, 1.54) is 30.3 Å². The van der Waals surface area contributed by atoms with Crippen molar-refractivity contribution in [2.45, 2.75) is 43.8 Å². The predicted octanol–water partition coefficient (Wildman–Crippen LogP) is 2.30. The lowest BCUT2D eigenvalue weighted by molar-refractivity contribution is 0.0612. The molecular formula is C17H20F2N4O3S. The molecule has 0 atom stereocenters. The topological polar surface area (TPSA) is 84.3 Å². The molecule has 1 aliphatic carbocycles. The zero-order chi connectivity index (χ0) is 19.8. The van der Waals surface area contributed by atoms with Crippen LogP contribution in [0.4, 0.5) is 8.78 Å². The van der Waals surface area contributed by atoms with E-state index in [-0.39, 0.29) is 28.9 Å². The maximum absolute atomic E-state index is 12.9. The summed E-state index contributed by atoms with van der Waals surface area (Å²) < 4.78 is 53.9. The van der Waals surface area contributed by atoms with Gasteiger partial charge in [0.25, 0.3) is 5.91 Å². The van der Waals surface area contributed by atoms with Crippen molar-refractivity contribution in [2.24, 2.45) is 0 Å². The summed E-state index contributed by atoms with van der Waals surface area (Å²) in [5.41, 5.74) is 0.792. The van der Waals surface area contributed by atoms with E-state index in [2.05, 4.69) is 9.71 Å². The number of sulfonamides is 1. The second-order valence-electron chi connectivity index (χ2n) is 6.56. The van der Waals surface area contributed by atoms with Gasteiger partial charge in [-0.3, -0.25) is 9.36 Å². The molecule has 10 heteroatoms. The predicted molar refractivity (Wildman–Crippen MR) is 93.8 cm³/mol. The van der Waals surface area contributed by atoms with Gasteiger partial charge >= 0.3 is 6.55 Å². The summed E-state index contributed by atoms with van der Waals surface area (Å²) in [6.45, 7) is -1.20. The number of rotatable bonds is 7. The van der Waals surface area contributed by atoms with Crippen molar-refractivity contribution in [1.82, 2.24) is 19.2 Å². The molecule has 3 rings (SSSR count). The Morgan fingerprint density at radius 3 is 2.74 bits per heavy atom. The molecule has 1 heterocycles. The van der Waals surface area contributed by atoms with Gasteiger partial charge in [0.15, 0.2) is 0 Å². The van der Waals surface area contributed by atoms with E-state index < -0.39 is 22.5 Å². The minimum Gasteiger partial charge on any atom is -0.334 e. The summed E-state index contributed by atoms with van der Waals surface area (Å²) in [4.78, 5) is 17.9. The summed E-state index contributed by atoms with van der Waals surface area (Å²) >= 11 is 0. The Bertz CT molecular complexity index is 955. The van der Waals surface area contributed by atoms with E-state index in [1.54, 1.807) is 13.0 Å². The van der Waals surface area contributed by atoms with Crippen LogP contribution in [0.15, 0.2) is 35.5 Å². The fraction of sp³-hybridized carbons (Fsp3) is 0.412. The molecule has 0 radical (unpaired) electrons. The second-order valence-corrected chi connectivity index (χ2v) is 8.28. The number of amides is 1. The Hall–Kier alpha value is -2.33. The Kier molecular flexibility index (Phi) is 5.29. The molecule has 146 valence electrons. The number of carbonyl (C=O) groups is 1. The molecule has 1 saturated carbocycles. The quantitative estimate of drug-likeness (QED) is 0.776. The average molecular weight is 398 g/mol. The first-order chi connectivity index (χ1) is 12.7. The van der Waals surface area contributed by atoms with Crippen LogP contribution in [-0.2, 0) is 16.6 Å². The second kappa shape index (κ2) is 7.35. The van der Waals surface area contributed by atoms with E-state index in [0.717, 1.165) is 19.0 Å². The lowest BCUT2D eigenvalue weighted by Gasteiger charge is -2.19. The highest BCUT2D eigenvalue weighted by Gasteiger charge is 2.29. The molecule has 7 nitrogen and oxygen atoms in total. The van der Waals surface area contributed by atoms with E-state index in [9.17, 15) is 22.0 Å². The number of hydrogen-bond donors (Lipinski definition) is 1. The van der Waals surface area contributed by atoms with E-state index in [1.807, 2.05) is 0 Å². The van der Waals surface area contributed by atoms with Crippen LogP contribution in [0.2, 0.25) is 0 Å². The third-order valence-electron chi connectivity index (χ3n) is 4.33. The minimum atomic E-state index is -3.70. The highest BCUT2D eigenvalue weighted by molar-refractivity contribution is 7.89. The Balaban J connectivity index is 1.83. The van der Waals surface area contributed by atoms with Crippen LogP contribution in [0.1, 0.15) is 41.1 Å². The fourth-order valence-corrected chi connectivity index (χ4v) is 3.95. The number of carbonyl (C=O) groups excluding carboxylic acids is 1. The lowest BCUT2D eigenvalue weighted by Crippen LogP contribution is -2.29. The van der Waals surface area contributed by atoms with Crippen LogP contribution in [0.25, 0.3) is 0 Å². The van der Waals surface area contributed by atoms with Gasteiger partial charge in [0.2, 0.25) is 10.0 Å². The first-order valence-electron chi connectivity index (χ1n) is 8.37. The number of halogens is 2. The van der Waals surface area contributed by atoms with Crippen molar-refractivity contribution in [3.63, 3.8) is 0 Å². The highest BCUT2D eigenvalue weighted by atomic mass is 32.2. The number of nitrogens with one attached hydrogen (secondary N) is 1. The molecule has 0 spiro atoms. The van der Waals surface area contributed by atoms with Gasteiger partial charge in [-0.15, -0.1) is 0 Å². The molecule has 1 aliphatic rings. The van der Waals surface area contributed by atoms with Crippen molar-refractivity contribution in [3.05, 3.63) is 47.5 Å². The van der Waals surface area contributed by atoms with Gasteiger partial charge in [-0.05, 0) is 37.5 Å². The summed E-state index contributed by atoms with van der Waals surface area (Å²) in [5.74, 6) is -0.433. The Morgan fingerprint density at radius 2 is 2.11 bits per heavy atom. The summed E-state index contributed by atoms with van der Waals surface area (Å²) in [5, 5.41) is 0. The molecule has 0 saturated heterocycles. The lowest BCUT2D eigenvalue weighted by atomic mass is 10.1. The Morgan fingerprint density at radius 1 is 1.41 bits per heavy atom. The largest absolute Gasteiger partial charge is 0.334 e. The van der Waals surface area contributed by atoms with Crippen LogP contribution in [0.3, 0.4) is 0 Å². The van der Waals surface area contributed by atoms with Gasteiger partial charge in [-0.2, -0.15) is 8.78 Å². The summed E-state index contributed by atoms with van der Waals surface area (Å²) in [7, 11) is -2.25. The van der Waals surface area contributed by atoms with Gasteiger partial charge in [0.05, 0.1) is 11.4 Å². The van der Waals surface area contributed by atoms with Crippen molar-refractivity contribution in [3.8, 4) is 0 Å². The van der Waals surface area contributed by atoms with Crippen molar-refractivity contribution in [2.75, 3.05) is 7.05 Å². The number of alkyl halides is 2. The third kappa shape index (κ3) is 4.33. The van der Waals surface area contributed by atoms with Crippen molar-refractivity contribution < 1.29 is 22.0 Å². The van der Waals surface area contributed by atoms with Crippen molar-refractivity contribution in [1.29, 1.82) is 0 Å². The van der Waals surface area contributed by atoms with E-state index in [4.69, 9.17) is 0 Å². The number of aromatic nitrogens is 2. The maximum atomic E-state index is 12.9. The molecule has 1 aromatic carbocycles. The molecule has 27 heavy (non-hydrogen) atoms. The zero-order valence-corrected chi connectivity index (χ0v) is 15.7. The van der Waals surface area contributed by atoms with Crippen LogP contribution in [0.5, 0.6) is 0 Å². The standard InChI is InChI=1S/C17H20F2N4O3S/c1-11-3-6-13(27(25,26)21-12-4-5-12)9-14(11)16(24)22(2)10-15-20-7-8-23(15)17(18)19/h3,6-9,12,17,21H,4-5,10H2,1-2H3. The van der Waals surface area contributed by atoms with Gasteiger partial charge in [-0.1, -0.05) is 6.07 Å². The molecule has 0 unspecified atom stereocenters.